The number of aromatic nitrogens is 1. The van der Waals surface area contributed by atoms with E-state index in [2.05, 4.69) is 23.5 Å². The number of nitrogens with zero attached hydrogens (tertiary/aromatic N) is 4. The Morgan fingerprint density at radius 1 is 1.35 bits per heavy atom. The first kappa shape index (κ1) is 18.6. The van der Waals surface area contributed by atoms with Crippen LogP contribution in [0.5, 0.6) is 0 Å². The van der Waals surface area contributed by atoms with E-state index in [-0.39, 0.29) is 17.4 Å². The predicted molar refractivity (Wildman–Crippen MR) is 101 cm³/mol. The molecule has 0 aromatic carbocycles. The van der Waals surface area contributed by atoms with E-state index in [4.69, 9.17) is 0 Å². The number of carbonyl (C=O) groups is 2. The molecule has 1 spiro atoms. The fourth-order valence-electron chi connectivity index (χ4n) is 4.04. The van der Waals surface area contributed by atoms with Crippen LogP contribution < -0.4 is 0 Å². The van der Waals surface area contributed by atoms with Crippen molar-refractivity contribution in [3.05, 3.63) is 42.7 Å². The van der Waals surface area contributed by atoms with Gasteiger partial charge < -0.3 is 9.80 Å². The molecule has 0 bridgehead atoms. The molecule has 0 N–H and O–H groups in total. The number of piperazine rings is 1. The Labute approximate surface area is 155 Å². The first-order valence-electron chi connectivity index (χ1n) is 9.31. The van der Waals surface area contributed by atoms with Crippen LogP contribution in [-0.4, -0.2) is 76.8 Å². The Balaban J connectivity index is 1.70. The summed E-state index contributed by atoms with van der Waals surface area (Å²) in [5, 5.41) is 0. The molecular formula is C20H28N4O2. The molecular weight excluding hydrogens is 328 g/mol. The van der Waals surface area contributed by atoms with E-state index in [9.17, 15) is 9.59 Å². The van der Waals surface area contributed by atoms with Crippen molar-refractivity contribution in [1.82, 2.24) is 19.7 Å². The lowest BCUT2D eigenvalue weighted by atomic mass is 9.86. The average Bonchev–Trinajstić information content (AvgIpc) is 2.80. The Kier molecular flexibility index (Phi) is 5.71. The second kappa shape index (κ2) is 7.99. The van der Waals surface area contributed by atoms with Crippen molar-refractivity contribution in [3.8, 4) is 0 Å². The Bertz CT molecular complexity index is 663. The molecule has 1 aromatic rings. The van der Waals surface area contributed by atoms with Gasteiger partial charge in [-0.05, 0) is 31.5 Å². The van der Waals surface area contributed by atoms with E-state index in [0.717, 1.165) is 38.0 Å². The zero-order valence-corrected chi connectivity index (χ0v) is 15.6. The minimum Gasteiger partial charge on any atom is -0.339 e. The maximum absolute atomic E-state index is 12.8. The van der Waals surface area contributed by atoms with Crippen LogP contribution in [0.25, 0.3) is 0 Å². The Morgan fingerprint density at radius 3 is 2.92 bits per heavy atom. The van der Waals surface area contributed by atoms with E-state index in [1.54, 1.807) is 18.5 Å². The van der Waals surface area contributed by atoms with Crippen LogP contribution in [0.2, 0.25) is 0 Å². The number of hydrogen-bond donors (Lipinski definition) is 0. The number of carbonyl (C=O) groups excluding carboxylic acids is 2. The zero-order valence-electron chi connectivity index (χ0n) is 15.6. The molecule has 6 heteroatoms. The van der Waals surface area contributed by atoms with Crippen molar-refractivity contribution in [2.75, 3.05) is 39.8 Å². The van der Waals surface area contributed by atoms with E-state index >= 15 is 0 Å². The lowest BCUT2D eigenvalue weighted by molar-refractivity contribution is -0.136. The lowest BCUT2D eigenvalue weighted by Crippen LogP contribution is -2.62. The molecule has 3 rings (SSSR count). The highest BCUT2D eigenvalue weighted by atomic mass is 16.2. The summed E-state index contributed by atoms with van der Waals surface area (Å²) in [4.78, 5) is 35.5. The summed E-state index contributed by atoms with van der Waals surface area (Å²) in [5.74, 6) is 0.331. The van der Waals surface area contributed by atoms with Gasteiger partial charge in [0.2, 0.25) is 11.8 Å². The lowest BCUT2D eigenvalue weighted by Gasteiger charge is -2.49. The van der Waals surface area contributed by atoms with Crippen LogP contribution in [0.1, 0.15) is 24.8 Å². The molecule has 6 nitrogen and oxygen atoms in total. The number of pyridine rings is 1. The van der Waals surface area contributed by atoms with Crippen molar-refractivity contribution in [1.29, 1.82) is 0 Å². The van der Waals surface area contributed by atoms with Gasteiger partial charge in [-0.25, -0.2) is 0 Å². The molecule has 1 atom stereocenters. The molecule has 3 heterocycles. The van der Waals surface area contributed by atoms with Gasteiger partial charge in [-0.1, -0.05) is 12.1 Å². The van der Waals surface area contributed by atoms with E-state index < -0.39 is 0 Å². The summed E-state index contributed by atoms with van der Waals surface area (Å²) in [6.45, 7) is 7.34. The number of rotatable bonds is 4. The fourth-order valence-corrected chi connectivity index (χ4v) is 4.04. The topological polar surface area (TPSA) is 56.8 Å². The Hall–Kier alpha value is -2.21. The molecule has 2 fully saturated rings. The molecule has 26 heavy (non-hydrogen) atoms. The minimum absolute atomic E-state index is 0.117. The monoisotopic (exact) mass is 356 g/mol. The molecule has 2 aliphatic heterocycles. The van der Waals surface area contributed by atoms with E-state index in [0.29, 0.717) is 25.9 Å². The standard InChI is InChI=1S/C20H28N4O2/c1-3-10-23-11-8-20(7-6-18(23)25)16-24(13-12-22(20)2)19(26)14-17-5-4-9-21-15-17/h3-5,9,15H,1,6-8,10-14,16H2,2H3/t20-/m1/s1. The molecule has 2 saturated heterocycles. The summed E-state index contributed by atoms with van der Waals surface area (Å²) in [6.07, 6.45) is 7.85. The van der Waals surface area contributed by atoms with Crippen molar-refractivity contribution in [3.63, 3.8) is 0 Å². The highest BCUT2D eigenvalue weighted by Gasteiger charge is 2.43. The van der Waals surface area contributed by atoms with Gasteiger partial charge in [0.1, 0.15) is 0 Å². The van der Waals surface area contributed by atoms with Crippen LogP contribution in [0.4, 0.5) is 0 Å². The summed E-state index contributed by atoms with van der Waals surface area (Å²) < 4.78 is 0. The number of amides is 2. The van der Waals surface area contributed by atoms with Crippen LogP contribution in [-0.2, 0) is 16.0 Å². The molecule has 2 amide bonds. The first-order valence-corrected chi connectivity index (χ1v) is 9.31. The fraction of sp³-hybridized carbons (Fsp3) is 0.550. The van der Waals surface area contributed by atoms with Crippen LogP contribution in [0.15, 0.2) is 37.2 Å². The second-order valence-electron chi connectivity index (χ2n) is 7.38. The largest absolute Gasteiger partial charge is 0.339 e. The first-order chi connectivity index (χ1) is 12.5. The van der Waals surface area contributed by atoms with Crippen LogP contribution >= 0.6 is 0 Å². The van der Waals surface area contributed by atoms with E-state index in [1.807, 2.05) is 21.9 Å². The van der Waals surface area contributed by atoms with Crippen molar-refractivity contribution in [2.24, 2.45) is 0 Å². The number of likely N-dealkylation sites (N-methyl/N-ethyl adjacent to an activating group) is 1. The summed E-state index contributed by atoms with van der Waals surface area (Å²) >= 11 is 0. The SMILES string of the molecule is C=CCN1CC[C@]2(CCC1=O)CN(C(=O)Cc1cccnc1)CCN2C. The molecule has 1 aromatic heterocycles. The Morgan fingerprint density at radius 2 is 2.19 bits per heavy atom. The maximum Gasteiger partial charge on any atom is 0.227 e. The van der Waals surface area contributed by atoms with Gasteiger partial charge in [-0.2, -0.15) is 0 Å². The van der Waals surface area contributed by atoms with Crippen LogP contribution in [0.3, 0.4) is 0 Å². The maximum atomic E-state index is 12.8. The molecule has 140 valence electrons. The molecule has 0 saturated carbocycles. The van der Waals surface area contributed by atoms with Crippen molar-refractivity contribution < 1.29 is 9.59 Å². The van der Waals surface area contributed by atoms with Gasteiger partial charge in [-0.15, -0.1) is 6.58 Å². The zero-order chi connectivity index (χ0) is 18.6. The molecule has 0 radical (unpaired) electrons. The third-order valence-electron chi connectivity index (χ3n) is 5.78. The smallest absolute Gasteiger partial charge is 0.227 e. The summed E-state index contributed by atoms with van der Waals surface area (Å²) in [5.41, 5.74) is 0.827. The third kappa shape index (κ3) is 3.96. The molecule has 0 aliphatic carbocycles. The summed E-state index contributed by atoms with van der Waals surface area (Å²) in [7, 11) is 2.12. The number of hydrogen-bond acceptors (Lipinski definition) is 4. The van der Waals surface area contributed by atoms with Crippen molar-refractivity contribution in [2.45, 2.75) is 31.2 Å². The molecule has 2 aliphatic rings. The highest BCUT2D eigenvalue weighted by Crippen LogP contribution is 2.32. The van der Waals surface area contributed by atoms with Gasteiger partial charge in [0.15, 0.2) is 0 Å². The van der Waals surface area contributed by atoms with Gasteiger partial charge in [0.05, 0.1) is 6.42 Å². The van der Waals surface area contributed by atoms with Gasteiger partial charge in [0, 0.05) is 57.1 Å². The second-order valence-corrected chi connectivity index (χ2v) is 7.38. The van der Waals surface area contributed by atoms with Gasteiger partial charge in [0.25, 0.3) is 0 Å². The third-order valence-corrected chi connectivity index (χ3v) is 5.78. The average molecular weight is 356 g/mol. The van der Waals surface area contributed by atoms with Crippen LogP contribution in [0, 0.1) is 0 Å². The predicted octanol–water partition coefficient (Wildman–Crippen LogP) is 1.34. The summed E-state index contributed by atoms with van der Waals surface area (Å²) in [6, 6.07) is 3.80. The van der Waals surface area contributed by atoms with Gasteiger partial charge in [-0.3, -0.25) is 19.5 Å². The van der Waals surface area contributed by atoms with Gasteiger partial charge >= 0.3 is 0 Å². The minimum atomic E-state index is -0.117. The highest BCUT2D eigenvalue weighted by molar-refractivity contribution is 5.79. The normalized spacial score (nSPS) is 24.6. The number of likely N-dealkylation sites (tertiary alicyclic amines) is 1. The van der Waals surface area contributed by atoms with E-state index in [1.165, 1.54) is 0 Å². The quantitative estimate of drug-likeness (QED) is 0.764. The molecule has 0 unspecified atom stereocenters. The van der Waals surface area contributed by atoms with Crippen molar-refractivity contribution >= 4 is 11.8 Å².